The highest BCUT2D eigenvalue weighted by molar-refractivity contribution is 6.07. The van der Waals surface area contributed by atoms with Crippen LogP contribution in [0.3, 0.4) is 0 Å². The minimum Gasteiger partial charge on any atom is -0.494 e. The van der Waals surface area contributed by atoms with Crippen LogP contribution in [0.5, 0.6) is 5.75 Å². The van der Waals surface area contributed by atoms with Crippen molar-refractivity contribution in [2.75, 3.05) is 42.6 Å². The average Bonchev–Trinajstić information content (AvgIpc) is 3.56. The number of aliphatic hydroxyl groups is 1. The van der Waals surface area contributed by atoms with E-state index in [4.69, 9.17) is 9.47 Å². The summed E-state index contributed by atoms with van der Waals surface area (Å²) in [6.45, 7) is 16.1. The summed E-state index contributed by atoms with van der Waals surface area (Å²) in [5, 5.41) is 10.0. The minimum atomic E-state index is -1.22. The normalized spacial score (nSPS) is 26.8. The summed E-state index contributed by atoms with van der Waals surface area (Å²) in [5.74, 6) is -1.93. The number of nitrogens with zero attached hydrogens (tertiary/aromatic N) is 3. The molecule has 2 unspecified atom stereocenters. The standard InChI is InChI=1S/C35H43N3O6/c1-7-19-36(25-13-15-26(16-14-25)43-9-3)31(40)27-28-32(41)38(21-22-39)30(35(28)18-17-34(27,6)44-35)33(42)37(20-8-2)29-23(4)11-10-12-24(29)5/h7-8,10-16,27-28,30,39H,1-2,9,17-22H2,3-6H3/t27-,28-,30?,34+,35?/m0/s1. The third-order valence-electron chi connectivity index (χ3n) is 9.44. The fourth-order valence-corrected chi connectivity index (χ4v) is 7.74. The lowest BCUT2D eigenvalue weighted by molar-refractivity contribution is -0.145. The number of carbonyl (C=O) groups excluding carboxylic acids is 3. The maximum Gasteiger partial charge on any atom is 0.253 e. The van der Waals surface area contributed by atoms with E-state index in [0.29, 0.717) is 30.9 Å². The molecule has 0 saturated carbocycles. The Hall–Kier alpha value is -3.95. The number of para-hydroxylation sites is 1. The van der Waals surface area contributed by atoms with Gasteiger partial charge >= 0.3 is 0 Å². The van der Waals surface area contributed by atoms with E-state index in [2.05, 4.69) is 13.2 Å². The van der Waals surface area contributed by atoms with Crippen molar-refractivity contribution in [1.29, 1.82) is 0 Å². The summed E-state index contributed by atoms with van der Waals surface area (Å²) in [6.07, 6.45) is 4.27. The SMILES string of the molecule is C=CCN(C(=O)[C@@H]1[C@H]2C(=O)N(CCO)C(C(=O)N(CC=C)c3c(C)cccc3C)C23CC[C@@]1(C)O3)c1ccc(OCC)cc1. The quantitative estimate of drug-likeness (QED) is 0.366. The van der Waals surface area contributed by atoms with Crippen LogP contribution in [0, 0.1) is 25.7 Å². The first-order chi connectivity index (χ1) is 21.1. The Morgan fingerprint density at radius 1 is 1.05 bits per heavy atom. The van der Waals surface area contributed by atoms with E-state index in [0.717, 1.165) is 16.8 Å². The summed E-state index contributed by atoms with van der Waals surface area (Å²) in [4.78, 5) is 48.4. The predicted octanol–water partition coefficient (Wildman–Crippen LogP) is 4.20. The average molecular weight is 602 g/mol. The summed E-state index contributed by atoms with van der Waals surface area (Å²) in [6, 6.07) is 12.1. The first kappa shape index (κ1) is 31.5. The highest BCUT2D eigenvalue weighted by Crippen LogP contribution is 2.63. The van der Waals surface area contributed by atoms with Gasteiger partial charge in [0.2, 0.25) is 11.8 Å². The Kier molecular flexibility index (Phi) is 8.73. The van der Waals surface area contributed by atoms with Gasteiger partial charge in [0.1, 0.15) is 17.4 Å². The molecule has 0 aromatic heterocycles. The molecule has 9 nitrogen and oxygen atoms in total. The number of anilines is 2. The topological polar surface area (TPSA) is 99.6 Å². The summed E-state index contributed by atoms with van der Waals surface area (Å²) >= 11 is 0. The van der Waals surface area contributed by atoms with Crippen LogP contribution in [0.25, 0.3) is 0 Å². The molecule has 5 rings (SSSR count). The molecule has 2 bridgehead atoms. The molecule has 1 spiro atoms. The number of carbonyl (C=O) groups is 3. The molecule has 9 heteroatoms. The van der Waals surface area contributed by atoms with Gasteiger partial charge in [-0.25, -0.2) is 0 Å². The lowest BCUT2D eigenvalue weighted by Crippen LogP contribution is -2.57. The number of hydrogen-bond acceptors (Lipinski definition) is 6. The number of hydrogen-bond donors (Lipinski definition) is 1. The molecule has 0 aliphatic carbocycles. The van der Waals surface area contributed by atoms with Gasteiger partial charge in [0.25, 0.3) is 5.91 Å². The summed E-state index contributed by atoms with van der Waals surface area (Å²) < 4.78 is 12.4. The molecule has 3 saturated heterocycles. The molecule has 3 heterocycles. The van der Waals surface area contributed by atoms with Crippen molar-refractivity contribution in [1.82, 2.24) is 4.90 Å². The Labute approximate surface area is 259 Å². The van der Waals surface area contributed by atoms with Gasteiger partial charge in [0, 0.05) is 31.0 Å². The maximum absolute atomic E-state index is 14.7. The van der Waals surface area contributed by atoms with Crippen LogP contribution in [-0.4, -0.2) is 77.8 Å². The Morgan fingerprint density at radius 3 is 2.27 bits per heavy atom. The number of rotatable bonds is 12. The van der Waals surface area contributed by atoms with Crippen LogP contribution in [0.2, 0.25) is 0 Å². The molecule has 1 N–H and O–H groups in total. The molecule has 3 aliphatic heterocycles. The van der Waals surface area contributed by atoms with E-state index >= 15 is 0 Å². The van der Waals surface area contributed by atoms with Gasteiger partial charge in [-0.15, -0.1) is 13.2 Å². The molecular formula is C35H43N3O6. The van der Waals surface area contributed by atoms with Crippen LogP contribution in [-0.2, 0) is 19.1 Å². The molecule has 2 aromatic rings. The van der Waals surface area contributed by atoms with E-state index < -0.39 is 29.1 Å². The van der Waals surface area contributed by atoms with Crippen LogP contribution < -0.4 is 14.5 Å². The van der Waals surface area contributed by atoms with Crippen molar-refractivity contribution in [3.8, 4) is 5.75 Å². The third-order valence-corrected chi connectivity index (χ3v) is 9.44. The van der Waals surface area contributed by atoms with E-state index in [1.165, 1.54) is 4.90 Å². The van der Waals surface area contributed by atoms with Gasteiger partial charge in [-0.05, 0) is 75.9 Å². The number of aliphatic hydroxyl groups excluding tert-OH is 1. The second kappa shape index (κ2) is 12.2. The number of amides is 3. The van der Waals surface area contributed by atoms with Crippen LogP contribution in [0.15, 0.2) is 67.8 Å². The Morgan fingerprint density at radius 2 is 1.68 bits per heavy atom. The van der Waals surface area contributed by atoms with Gasteiger partial charge in [-0.2, -0.15) is 0 Å². The zero-order valence-electron chi connectivity index (χ0n) is 26.1. The van der Waals surface area contributed by atoms with Crippen molar-refractivity contribution in [3.63, 3.8) is 0 Å². The number of benzene rings is 2. The zero-order valence-corrected chi connectivity index (χ0v) is 26.1. The van der Waals surface area contributed by atoms with Gasteiger partial charge in [0.05, 0.1) is 30.7 Å². The number of likely N-dealkylation sites (tertiary alicyclic amines) is 1. The minimum absolute atomic E-state index is 0.0432. The van der Waals surface area contributed by atoms with Crippen LogP contribution in [0.4, 0.5) is 11.4 Å². The smallest absolute Gasteiger partial charge is 0.253 e. The van der Waals surface area contributed by atoms with Gasteiger partial charge in [-0.1, -0.05) is 30.4 Å². The predicted molar refractivity (Wildman–Crippen MR) is 170 cm³/mol. The maximum atomic E-state index is 14.7. The van der Waals surface area contributed by atoms with Gasteiger partial charge < -0.3 is 29.3 Å². The molecule has 3 amide bonds. The van der Waals surface area contributed by atoms with E-state index in [1.54, 1.807) is 22.0 Å². The molecule has 3 fully saturated rings. The highest BCUT2D eigenvalue weighted by atomic mass is 16.5. The number of aryl methyl sites for hydroxylation is 2. The molecule has 44 heavy (non-hydrogen) atoms. The lowest BCUT2D eigenvalue weighted by atomic mass is 9.66. The fraction of sp³-hybridized carbons (Fsp3) is 0.457. The van der Waals surface area contributed by atoms with Crippen molar-refractivity contribution >= 4 is 29.1 Å². The molecule has 3 aliphatic rings. The molecule has 5 atom stereocenters. The van der Waals surface area contributed by atoms with Crippen LogP contribution in [0.1, 0.15) is 37.8 Å². The second-order valence-corrected chi connectivity index (χ2v) is 12.1. The molecule has 234 valence electrons. The summed E-state index contributed by atoms with van der Waals surface area (Å²) in [5.41, 5.74) is 1.07. The van der Waals surface area contributed by atoms with Gasteiger partial charge in [0.15, 0.2) is 0 Å². The van der Waals surface area contributed by atoms with E-state index in [-0.39, 0.29) is 44.0 Å². The van der Waals surface area contributed by atoms with Crippen LogP contribution >= 0.6 is 0 Å². The molecular weight excluding hydrogens is 558 g/mol. The van der Waals surface area contributed by atoms with Gasteiger partial charge in [-0.3, -0.25) is 14.4 Å². The summed E-state index contributed by atoms with van der Waals surface area (Å²) in [7, 11) is 0. The largest absolute Gasteiger partial charge is 0.494 e. The number of β-amino-alcohol motifs (C(OH)–C–C–N with tert-alkyl or cyclic N) is 1. The molecule has 0 radical (unpaired) electrons. The van der Waals surface area contributed by atoms with Crippen molar-refractivity contribution in [2.24, 2.45) is 11.8 Å². The van der Waals surface area contributed by atoms with E-state index in [1.807, 2.05) is 70.2 Å². The van der Waals surface area contributed by atoms with E-state index in [9.17, 15) is 19.5 Å². The Bertz CT molecular complexity index is 1440. The third kappa shape index (κ3) is 4.92. The van der Waals surface area contributed by atoms with Crippen molar-refractivity contribution in [2.45, 2.75) is 57.8 Å². The Balaban J connectivity index is 1.57. The first-order valence-corrected chi connectivity index (χ1v) is 15.3. The highest BCUT2D eigenvalue weighted by Gasteiger charge is 2.78. The van der Waals surface area contributed by atoms with Crippen molar-refractivity contribution < 1.29 is 29.0 Å². The number of ether oxygens (including phenoxy) is 2. The van der Waals surface area contributed by atoms with Crippen molar-refractivity contribution in [3.05, 3.63) is 78.9 Å². The zero-order chi connectivity index (χ0) is 31.8. The second-order valence-electron chi connectivity index (χ2n) is 12.1. The molecule has 2 aromatic carbocycles. The fourth-order valence-electron chi connectivity index (χ4n) is 7.74. The monoisotopic (exact) mass is 601 g/mol. The lowest BCUT2D eigenvalue weighted by Gasteiger charge is -2.37. The number of fused-ring (bicyclic) bond motifs is 1. The first-order valence-electron chi connectivity index (χ1n) is 15.3.